The van der Waals surface area contributed by atoms with Gasteiger partial charge in [-0.3, -0.25) is 4.79 Å². The second kappa shape index (κ2) is 7.14. The summed E-state index contributed by atoms with van der Waals surface area (Å²) >= 11 is 0. The Morgan fingerprint density at radius 1 is 1.50 bits per heavy atom. The van der Waals surface area contributed by atoms with Gasteiger partial charge in [-0.25, -0.2) is 0 Å². The Hall–Kier alpha value is -1.75. The largest absolute Gasteiger partial charge is 0.504 e. The summed E-state index contributed by atoms with van der Waals surface area (Å²) in [6.45, 7) is 1.05. The molecule has 0 radical (unpaired) electrons. The molecule has 1 aliphatic heterocycles. The van der Waals surface area contributed by atoms with Crippen LogP contribution in [0.5, 0.6) is 11.5 Å². The highest BCUT2D eigenvalue weighted by Gasteiger charge is 2.14. The van der Waals surface area contributed by atoms with Gasteiger partial charge in [-0.2, -0.15) is 0 Å². The molecule has 0 saturated carbocycles. The number of benzene rings is 1. The number of ether oxygens (including phenoxy) is 1. The Balaban J connectivity index is 1.80. The highest BCUT2D eigenvalue weighted by molar-refractivity contribution is 5.91. The lowest BCUT2D eigenvalue weighted by molar-refractivity contribution is -0.116. The molecule has 1 atom stereocenters. The normalized spacial score (nSPS) is 18.6. The third-order valence-corrected chi connectivity index (χ3v) is 3.59. The fraction of sp³-hybridized carbons (Fsp3) is 0.533. The van der Waals surface area contributed by atoms with E-state index >= 15 is 0 Å². The number of hydrogen-bond donors (Lipinski definition) is 3. The summed E-state index contributed by atoms with van der Waals surface area (Å²) in [6, 6.07) is 5.30. The molecule has 20 heavy (non-hydrogen) atoms. The molecule has 1 heterocycles. The number of piperidine rings is 1. The van der Waals surface area contributed by atoms with E-state index in [1.54, 1.807) is 12.1 Å². The monoisotopic (exact) mass is 278 g/mol. The summed E-state index contributed by atoms with van der Waals surface area (Å²) in [7, 11) is 1.49. The Kier molecular flexibility index (Phi) is 5.24. The Morgan fingerprint density at radius 2 is 2.35 bits per heavy atom. The minimum absolute atomic E-state index is 0.0260. The average Bonchev–Trinajstić information content (AvgIpc) is 2.46. The van der Waals surface area contributed by atoms with E-state index < -0.39 is 0 Å². The van der Waals surface area contributed by atoms with Crippen LogP contribution in [-0.4, -0.2) is 30.7 Å². The van der Waals surface area contributed by atoms with Crippen molar-refractivity contribution in [3.63, 3.8) is 0 Å². The summed E-state index contributed by atoms with van der Waals surface area (Å²) in [5, 5.41) is 15.9. The van der Waals surface area contributed by atoms with Gasteiger partial charge < -0.3 is 20.5 Å². The van der Waals surface area contributed by atoms with Crippen LogP contribution in [0.4, 0.5) is 5.69 Å². The molecule has 1 aliphatic rings. The zero-order valence-electron chi connectivity index (χ0n) is 11.8. The zero-order valence-corrected chi connectivity index (χ0v) is 11.8. The Morgan fingerprint density at radius 3 is 3.00 bits per heavy atom. The van der Waals surface area contributed by atoms with Gasteiger partial charge in [0.15, 0.2) is 11.5 Å². The molecule has 3 N–H and O–H groups in total. The molecule has 110 valence electrons. The van der Waals surface area contributed by atoms with Gasteiger partial charge >= 0.3 is 0 Å². The fourth-order valence-electron chi connectivity index (χ4n) is 2.47. The molecule has 0 aromatic heterocycles. The first-order valence-electron chi connectivity index (χ1n) is 7.09. The van der Waals surface area contributed by atoms with Crippen molar-refractivity contribution in [2.45, 2.75) is 38.1 Å². The molecule has 0 spiro atoms. The fourth-order valence-corrected chi connectivity index (χ4v) is 2.47. The van der Waals surface area contributed by atoms with Crippen molar-refractivity contribution in [2.24, 2.45) is 0 Å². The number of aromatic hydroxyl groups is 1. The summed E-state index contributed by atoms with van der Waals surface area (Å²) in [4.78, 5) is 11.9. The van der Waals surface area contributed by atoms with Crippen LogP contribution in [0.25, 0.3) is 0 Å². The molecule has 1 aromatic carbocycles. The van der Waals surface area contributed by atoms with E-state index in [0.717, 1.165) is 19.4 Å². The van der Waals surface area contributed by atoms with Crippen molar-refractivity contribution in [3.05, 3.63) is 18.2 Å². The molecule has 5 heteroatoms. The van der Waals surface area contributed by atoms with E-state index in [2.05, 4.69) is 10.6 Å². The average molecular weight is 278 g/mol. The molecular formula is C15H22N2O3. The first kappa shape index (κ1) is 14.7. The van der Waals surface area contributed by atoms with Crippen molar-refractivity contribution in [1.29, 1.82) is 0 Å². The second-order valence-electron chi connectivity index (χ2n) is 5.12. The van der Waals surface area contributed by atoms with Crippen LogP contribution in [0.1, 0.15) is 32.1 Å². The maximum Gasteiger partial charge on any atom is 0.224 e. The lowest BCUT2D eigenvalue weighted by Crippen LogP contribution is -2.34. The highest BCUT2D eigenvalue weighted by atomic mass is 16.5. The number of amides is 1. The van der Waals surface area contributed by atoms with Gasteiger partial charge in [-0.1, -0.05) is 6.42 Å². The Labute approximate surface area is 119 Å². The van der Waals surface area contributed by atoms with Gasteiger partial charge in [0.2, 0.25) is 5.91 Å². The van der Waals surface area contributed by atoms with Crippen molar-refractivity contribution < 1.29 is 14.6 Å². The summed E-state index contributed by atoms with van der Waals surface area (Å²) in [5.41, 5.74) is 0.588. The van der Waals surface area contributed by atoms with Crippen LogP contribution < -0.4 is 15.4 Å². The maximum absolute atomic E-state index is 11.9. The number of nitrogens with one attached hydrogen (secondary N) is 2. The first-order valence-corrected chi connectivity index (χ1v) is 7.09. The number of phenolic OH excluding ortho intramolecular Hbond substituents is 1. The van der Waals surface area contributed by atoms with Gasteiger partial charge in [-0.05, 0) is 37.9 Å². The topological polar surface area (TPSA) is 70.6 Å². The number of carbonyl (C=O) groups is 1. The van der Waals surface area contributed by atoms with Crippen LogP contribution in [0, 0.1) is 0 Å². The van der Waals surface area contributed by atoms with Gasteiger partial charge in [-0.15, -0.1) is 0 Å². The SMILES string of the molecule is COc1ccc(NC(=O)CCC2CCCCN2)cc1O. The van der Waals surface area contributed by atoms with E-state index in [1.165, 1.54) is 26.0 Å². The molecule has 5 nitrogen and oxygen atoms in total. The number of rotatable bonds is 5. The lowest BCUT2D eigenvalue weighted by Gasteiger charge is -2.23. The Bertz CT molecular complexity index is 456. The molecule has 1 unspecified atom stereocenters. The van der Waals surface area contributed by atoms with E-state index in [9.17, 15) is 9.90 Å². The van der Waals surface area contributed by atoms with E-state index in [-0.39, 0.29) is 11.7 Å². The van der Waals surface area contributed by atoms with Gasteiger partial charge in [0.1, 0.15) is 0 Å². The standard InChI is InChI=1S/C15H22N2O3/c1-20-14-7-5-12(10-13(14)18)17-15(19)8-6-11-4-2-3-9-16-11/h5,7,10-11,16,18H,2-4,6,8-9H2,1H3,(H,17,19). The molecule has 2 rings (SSSR count). The van der Waals surface area contributed by atoms with Crippen LogP contribution in [0.3, 0.4) is 0 Å². The second-order valence-corrected chi connectivity index (χ2v) is 5.12. The predicted octanol–water partition coefficient (Wildman–Crippen LogP) is 2.26. The van der Waals surface area contributed by atoms with Crippen molar-refractivity contribution in [1.82, 2.24) is 5.32 Å². The third-order valence-electron chi connectivity index (χ3n) is 3.59. The van der Waals surface area contributed by atoms with Crippen LogP contribution in [-0.2, 0) is 4.79 Å². The summed E-state index contributed by atoms with van der Waals surface area (Å²) < 4.78 is 4.96. The number of anilines is 1. The molecule has 1 saturated heterocycles. The number of carbonyl (C=O) groups excluding carboxylic acids is 1. The molecular weight excluding hydrogens is 256 g/mol. The van der Waals surface area contributed by atoms with Crippen molar-refractivity contribution in [2.75, 3.05) is 19.0 Å². The minimum atomic E-state index is -0.0260. The quantitative estimate of drug-likeness (QED) is 0.772. The molecule has 1 fully saturated rings. The predicted molar refractivity (Wildman–Crippen MR) is 78.2 cm³/mol. The molecule has 1 amide bonds. The summed E-state index contributed by atoms with van der Waals surface area (Å²) in [6.07, 6.45) is 4.97. The number of hydrogen-bond acceptors (Lipinski definition) is 4. The number of methoxy groups -OCH3 is 1. The smallest absolute Gasteiger partial charge is 0.224 e. The van der Waals surface area contributed by atoms with Gasteiger partial charge in [0, 0.05) is 24.2 Å². The van der Waals surface area contributed by atoms with E-state index in [1.807, 2.05) is 0 Å². The van der Waals surface area contributed by atoms with E-state index in [4.69, 9.17) is 4.74 Å². The van der Waals surface area contributed by atoms with Crippen LogP contribution in [0.2, 0.25) is 0 Å². The van der Waals surface area contributed by atoms with Crippen LogP contribution >= 0.6 is 0 Å². The summed E-state index contributed by atoms with van der Waals surface area (Å²) in [5.74, 6) is 0.399. The minimum Gasteiger partial charge on any atom is -0.504 e. The number of phenols is 1. The third kappa shape index (κ3) is 4.13. The zero-order chi connectivity index (χ0) is 14.4. The molecule has 1 aromatic rings. The lowest BCUT2D eigenvalue weighted by atomic mass is 10.0. The molecule has 0 bridgehead atoms. The highest BCUT2D eigenvalue weighted by Crippen LogP contribution is 2.28. The molecule has 0 aliphatic carbocycles. The van der Waals surface area contributed by atoms with Gasteiger partial charge in [0.05, 0.1) is 7.11 Å². The maximum atomic E-state index is 11.9. The van der Waals surface area contributed by atoms with Crippen LogP contribution in [0.15, 0.2) is 18.2 Å². The van der Waals surface area contributed by atoms with Gasteiger partial charge in [0.25, 0.3) is 0 Å². The van der Waals surface area contributed by atoms with E-state index in [0.29, 0.717) is 23.9 Å². The van der Waals surface area contributed by atoms with Crippen molar-refractivity contribution >= 4 is 11.6 Å². The van der Waals surface area contributed by atoms with Crippen molar-refractivity contribution in [3.8, 4) is 11.5 Å². The first-order chi connectivity index (χ1) is 9.69.